The van der Waals surface area contributed by atoms with Gasteiger partial charge in [0.15, 0.2) is 3.77 Å². The molecule has 1 saturated heterocycles. The Kier molecular flexibility index (Phi) is 3.17. The lowest BCUT2D eigenvalue weighted by atomic mass is 10.4. The third-order valence-corrected chi connectivity index (χ3v) is 3.92. The number of amides is 1. The molecule has 0 bridgehead atoms. The summed E-state index contributed by atoms with van der Waals surface area (Å²) >= 11 is 8.38. The Hall–Kier alpha value is -0.340. The number of halogens is 1. The number of furan rings is 1. The van der Waals surface area contributed by atoms with Gasteiger partial charge in [0.2, 0.25) is 0 Å². The lowest BCUT2D eigenvalue weighted by Gasteiger charge is -2.03. The summed E-state index contributed by atoms with van der Waals surface area (Å²) in [6.07, 6.45) is 1.71. The van der Waals surface area contributed by atoms with Crippen molar-refractivity contribution in [2.24, 2.45) is 0 Å². The van der Waals surface area contributed by atoms with Crippen LogP contribution in [0, 0.1) is 3.77 Å². The number of likely N-dealkylation sites (N-methyl/N-ethyl adjacent to an activating group) is 1. The number of nitrogens with zero attached hydrogens (tertiary/aromatic N) is 1. The molecule has 0 aromatic carbocycles. The van der Waals surface area contributed by atoms with Crippen LogP contribution in [-0.2, 0) is 4.79 Å². The molecule has 0 aliphatic carbocycles. The van der Waals surface area contributed by atoms with E-state index in [2.05, 4.69) is 22.6 Å². The number of thioether (sulfide) groups is 1. The Morgan fingerprint density at radius 1 is 1.60 bits per heavy atom. The molecule has 78 valence electrons. The van der Waals surface area contributed by atoms with Crippen LogP contribution in [0.2, 0.25) is 0 Å². The maximum Gasteiger partial charge on any atom is 0.266 e. The van der Waals surface area contributed by atoms with E-state index in [1.807, 2.05) is 12.1 Å². The van der Waals surface area contributed by atoms with E-state index in [1.165, 1.54) is 16.7 Å². The first kappa shape index (κ1) is 11.2. The quantitative estimate of drug-likeness (QED) is 0.443. The highest BCUT2D eigenvalue weighted by Crippen LogP contribution is 2.31. The molecule has 1 aromatic rings. The van der Waals surface area contributed by atoms with Gasteiger partial charge in [-0.05, 0) is 34.7 Å². The number of carbonyl (C=O) groups is 1. The van der Waals surface area contributed by atoms with Crippen LogP contribution in [0.3, 0.4) is 0 Å². The molecule has 0 spiro atoms. The first-order valence-corrected chi connectivity index (χ1v) is 6.35. The zero-order chi connectivity index (χ0) is 11.0. The predicted octanol–water partition coefficient (Wildman–Crippen LogP) is 2.72. The summed E-state index contributed by atoms with van der Waals surface area (Å²) in [7, 11) is 1.67. The molecule has 1 aliphatic heterocycles. The van der Waals surface area contributed by atoms with Crippen LogP contribution in [0.15, 0.2) is 21.5 Å². The van der Waals surface area contributed by atoms with E-state index in [-0.39, 0.29) is 5.91 Å². The third kappa shape index (κ3) is 2.26. The van der Waals surface area contributed by atoms with E-state index in [9.17, 15) is 4.79 Å². The Balaban J connectivity index is 2.29. The van der Waals surface area contributed by atoms with Crippen LogP contribution >= 0.6 is 46.6 Å². The van der Waals surface area contributed by atoms with Crippen LogP contribution in [0.4, 0.5) is 0 Å². The largest absolute Gasteiger partial charge is 0.451 e. The van der Waals surface area contributed by atoms with Crippen molar-refractivity contribution in [2.45, 2.75) is 0 Å². The van der Waals surface area contributed by atoms with Crippen molar-refractivity contribution in [3.63, 3.8) is 0 Å². The van der Waals surface area contributed by atoms with E-state index in [1.54, 1.807) is 13.1 Å². The Labute approximate surface area is 110 Å². The van der Waals surface area contributed by atoms with E-state index >= 15 is 0 Å². The lowest BCUT2D eigenvalue weighted by Crippen LogP contribution is -2.22. The monoisotopic (exact) mass is 351 g/mol. The fraction of sp³-hybridized carbons (Fsp3) is 0.111. The normalized spacial score (nSPS) is 19.3. The lowest BCUT2D eigenvalue weighted by molar-refractivity contribution is -0.121. The second-order valence-electron chi connectivity index (χ2n) is 2.88. The minimum absolute atomic E-state index is 0.0728. The molecule has 0 saturated carbocycles. The molecule has 0 N–H and O–H groups in total. The zero-order valence-electron chi connectivity index (χ0n) is 7.69. The highest BCUT2D eigenvalue weighted by molar-refractivity contribution is 14.1. The van der Waals surface area contributed by atoms with Gasteiger partial charge in [0.1, 0.15) is 10.1 Å². The fourth-order valence-electron chi connectivity index (χ4n) is 1.08. The molecule has 3 nitrogen and oxygen atoms in total. The molecule has 0 atom stereocenters. The predicted molar refractivity (Wildman–Crippen MR) is 72.4 cm³/mol. The highest BCUT2D eigenvalue weighted by atomic mass is 127. The van der Waals surface area contributed by atoms with Gasteiger partial charge in [0, 0.05) is 13.1 Å². The Morgan fingerprint density at radius 3 is 2.80 bits per heavy atom. The van der Waals surface area contributed by atoms with Gasteiger partial charge >= 0.3 is 0 Å². The fourth-order valence-corrected chi connectivity index (χ4v) is 2.67. The van der Waals surface area contributed by atoms with Gasteiger partial charge in [0.25, 0.3) is 5.91 Å². The summed E-state index contributed by atoms with van der Waals surface area (Å²) in [5.41, 5.74) is 0. The van der Waals surface area contributed by atoms with Crippen molar-refractivity contribution in [2.75, 3.05) is 7.05 Å². The van der Waals surface area contributed by atoms with Crippen LogP contribution in [0.5, 0.6) is 0 Å². The van der Waals surface area contributed by atoms with Crippen molar-refractivity contribution in [3.05, 3.63) is 26.6 Å². The van der Waals surface area contributed by atoms with E-state index in [0.29, 0.717) is 15.0 Å². The number of thiocarbonyl (C=S) groups is 1. The SMILES string of the molecule is CN1C(=O)C(=Cc2ccc(I)o2)SC1=S. The minimum atomic E-state index is -0.0728. The second kappa shape index (κ2) is 4.26. The summed E-state index contributed by atoms with van der Waals surface area (Å²) in [4.78, 5) is 13.7. The average Bonchev–Trinajstić information content (AvgIpc) is 2.68. The van der Waals surface area contributed by atoms with Gasteiger partial charge < -0.3 is 4.42 Å². The van der Waals surface area contributed by atoms with Crippen LogP contribution in [0.1, 0.15) is 5.76 Å². The summed E-state index contributed by atoms with van der Waals surface area (Å²) in [5.74, 6) is 0.602. The summed E-state index contributed by atoms with van der Waals surface area (Å²) in [6, 6.07) is 3.67. The van der Waals surface area contributed by atoms with Crippen molar-refractivity contribution >= 4 is 62.9 Å². The first-order valence-electron chi connectivity index (χ1n) is 4.05. The molecule has 0 radical (unpaired) electrons. The summed E-state index contributed by atoms with van der Waals surface area (Å²) in [5, 5.41) is 0. The van der Waals surface area contributed by atoms with Crippen LogP contribution < -0.4 is 0 Å². The average molecular weight is 351 g/mol. The number of hydrogen-bond donors (Lipinski definition) is 0. The second-order valence-corrected chi connectivity index (χ2v) is 5.62. The van der Waals surface area contributed by atoms with Gasteiger partial charge in [-0.1, -0.05) is 24.0 Å². The molecule has 2 heterocycles. The minimum Gasteiger partial charge on any atom is -0.451 e. The van der Waals surface area contributed by atoms with Crippen LogP contribution in [0.25, 0.3) is 6.08 Å². The molecule has 2 rings (SSSR count). The van der Waals surface area contributed by atoms with Crippen molar-refractivity contribution in [1.82, 2.24) is 4.90 Å². The molecule has 1 aromatic heterocycles. The summed E-state index contributed by atoms with van der Waals surface area (Å²) in [6.45, 7) is 0. The van der Waals surface area contributed by atoms with Crippen molar-refractivity contribution in [1.29, 1.82) is 0 Å². The van der Waals surface area contributed by atoms with Gasteiger partial charge in [-0.25, -0.2) is 0 Å². The van der Waals surface area contributed by atoms with Crippen LogP contribution in [-0.4, -0.2) is 22.2 Å². The highest BCUT2D eigenvalue weighted by Gasteiger charge is 2.28. The molecular formula is C9H6INO2S2. The first-order chi connectivity index (χ1) is 7.08. The summed E-state index contributed by atoms with van der Waals surface area (Å²) < 4.78 is 6.72. The third-order valence-electron chi connectivity index (χ3n) is 1.85. The number of hydrogen-bond acceptors (Lipinski definition) is 4. The standard InChI is InChI=1S/C9H6INO2S2/c1-11-8(12)6(15-9(11)14)4-5-2-3-7(10)13-5/h2-4H,1H3. The van der Waals surface area contributed by atoms with E-state index < -0.39 is 0 Å². The molecular weight excluding hydrogens is 345 g/mol. The molecule has 1 aliphatic rings. The Morgan fingerprint density at radius 2 is 2.33 bits per heavy atom. The smallest absolute Gasteiger partial charge is 0.266 e. The van der Waals surface area contributed by atoms with Gasteiger partial charge in [0.05, 0.1) is 4.91 Å². The number of rotatable bonds is 1. The van der Waals surface area contributed by atoms with E-state index in [4.69, 9.17) is 16.6 Å². The van der Waals surface area contributed by atoms with E-state index in [0.717, 1.165) is 3.77 Å². The maximum absolute atomic E-state index is 11.6. The molecule has 0 unspecified atom stereocenters. The maximum atomic E-state index is 11.6. The van der Waals surface area contributed by atoms with Gasteiger partial charge in [-0.3, -0.25) is 9.69 Å². The van der Waals surface area contributed by atoms with Crippen molar-refractivity contribution in [3.8, 4) is 0 Å². The Bertz CT molecular complexity index is 466. The molecule has 15 heavy (non-hydrogen) atoms. The van der Waals surface area contributed by atoms with Crippen molar-refractivity contribution < 1.29 is 9.21 Å². The topological polar surface area (TPSA) is 33.5 Å². The molecule has 6 heteroatoms. The van der Waals surface area contributed by atoms with Gasteiger partial charge in [-0.2, -0.15) is 0 Å². The zero-order valence-corrected chi connectivity index (χ0v) is 11.5. The van der Waals surface area contributed by atoms with Gasteiger partial charge in [-0.15, -0.1) is 0 Å². The number of carbonyl (C=O) groups excluding carboxylic acids is 1. The molecule has 1 fully saturated rings. The molecule has 1 amide bonds.